The summed E-state index contributed by atoms with van der Waals surface area (Å²) in [4.78, 5) is 0. The van der Waals surface area contributed by atoms with Gasteiger partial charge in [-0.05, 0) is 34.7 Å². The van der Waals surface area contributed by atoms with Gasteiger partial charge in [-0.3, -0.25) is 0 Å². The number of rotatable bonds is 3. The van der Waals surface area contributed by atoms with Crippen molar-refractivity contribution in [1.29, 1.82) is 0 Å². The summed E-state index contributed by atoms with van der Waals surface area (Å²) in [6.45, 7) is 4.91. The molecule has 2 nitrogen and oxygen atoms in total. The van der Waals surface area contributed by atoms with Gasteiger partial charge in [0.25, 0.3) is 0 Å². The second-order valence-corrected chi connectivity index (χ2v) is 5.17. The summed E-state index contributed by atoms with van der Waals surface area (Å²) in [6, 6.07) is 16.7. The topological polar surface area (TPSA) is 21.3 Å². The fraction of sp³-hybridized carbons (Fsp3) is 0.294. The van der Waals surface area contributed by atoms with Gasteiger partial charge in [-0.1, -0.05) is 43.3 Å². The van der Waals surface area contributed by atoms with Crippen LogP contribution in [0, 0.1) is 0 Å². The second kappa shape index (κ2) is 5.45. The molecule has 0 aliphatic carbocycles. The molecule has 0 aromatic heterocycles. The van der Waals surface area contributed by atoms with Crippen LogP contribution < -0.4 is 10.1 Å². The van der Waals surface area contributed by atoms with E-state index in [2.05, 4.69) is 42.6 Å². The van der Waals surface area contributed by atoms with Crippen molar-refractivity contribution in [3.8, 4) is 5.75 Å². The fourth-order valence-corrected chi connectivity index (χ4v) is 2.56. The highest BCUT2D eigenvalue weighted by Gasteiger charge is 2.16. The highest BCUT2D eigenvalue weighted by Crippen LogP contribution is 2.27. The van der Waals surface area contributed by atoms with Crippen LogP contribution in [0.15, 0.2) is 48.5 Å². The molecule has 2 aromatic carbocycles. The zero-order valence-electron chi connectivity index (χ0n) is 11.2. The van der Waals surface area contributed by atoms with Crippen LogP contribution in [0.3, 0.4) is 0 Å². The molecule has 2 aromatic rings. The first-order chi connectivity index (χ1) is 9.33. The Morgan fingerprint density at radius 3 is 2.84 bits per heavy atom. The molecule has 0 saturated heterocycles. The number of ether oxygens (including phenoxy) is 1. The molecule has 0 radical (unpaired) electrons. The maximum atomic E-state index is 5.89. The highest BCUT2D eigenvalue weighted by molar-refractivity contribution is 5.39. The van der Waals surface area contributed by atoms with E-state index in [9.17, 15) is 0 Å². The van der Waals surface area contributed by atoms with Gasteiger partial charge in [0.2, 0.25) is 0 Å². The minimum absolute atomic E-state index is 0.559. The van der Waals surface area contributed by atoms with E-state index in [4.69, 9.17) is 4.74 Å². The van der Waals surface area contributed by atoms with Gasteiger partial charge in [0.1, 0.15) is 12.4 Å². The Labute approximate surface area is 114 Å². The van der Waals surface area contributed by atoms with Gasteiger partial charge < -0.3 is 10.1 Å². The zero-order chi connectivity index (χ0) is 13.1. The molecule has 1 unspecified atom stereocenters. The van der Waals surface area contributed by atoms with Crippen molar-refractivity contribution in [2.45, 2.75) is 26.0 Å². The lowest BCUT2D eigenvalue weighted by molar-refractivity contribution is 0.305. The Morgan fingerprint density at radius 2 is 2.00 bits per heavy atom. The third-order valence-corrected chi connectivity index (χ3v) is 3.66. The lowest BCUT2D eigenvalue weighted by Crippen LogP contribution is -2.26. The molecule has 98 valence electrons. The van der Waals surface area contributed by atoms with Crippen molar-refractivity contribution in [2.24, 2.45) is 0 Å². The van der Waals surface area contributed by atoms with Gasteiger partial charge in [0.15, 0.2) is 0 Å². The normalized spacial score (nSPS) is 17.8. The molecule has 1 atom stereocenters. The van der Waals surface area contributed by atoms with Crippen LogP contribution in [-0.2, 0) is 13.2 Å². The molecule has 0 amide bonds. The van der Waals surface area contributed by atoms with E-state index in [1.54, 1.807) is 0 Å². The minimum Gasteiger partial charge on any atom is -0.489 e. The number of hydrogen-bond donors (Lipinski definition) is 1. The van der Waals surface area contributed by atoms with Crippen molar-refractivity contribution >= 4 is 0 Å². The van der Waals surface area contributed by atoms with E-state index in [0.29, 0.717) is 12.5 Å². The lowest BCUT2D eigenvalue weighted by atomic mass is 9.92. The van der Waals surface area contributed by atoms with E-state index in [1.165, 1.54) is 16.7 Å². The predicted octanol–water partition coefficient (Wildman–Crippen LogP) is 3.47. The predicted molar refractivity (Wildman–Crippen MR) is 77.3 cm³/mol. The summed E-state index contributed by atoms with van der Waals surface area (Å²) in [5, 5.41) is 3.43. The van der Waals surface area contributed by atoms with Crippen molar-refractivity contribution in [3.63, 3.8) is 0 Å². The van der Waals surface area contributed by atoms with Gasteiger partial charge >= 0.3 is 0 Å². The highest BCUT2D eigenvalue weighted by atomic mass is 16.5. The molecule has 0 bridgehead atoms. The van der Waals surface area contributed by atoms with E-state index in [0.717, 1.165) is 18.8 Å². The average Bonchev–Trinajstić information content (AvgIpc) is 2.47. The Balaban J connectivity index is 1.74. The smallest absolute Gasteiger partial charge is 0.120 e. The molecule has 0 fully saturated rings. The fourth-order valence-electron chi connectivity index (χ4n) is 2.56. The zero-order valence-corrected chi connectivity index (χ0v) is 11.2. The Hall–Kier alpha value is -1.80. The summed E-state index contributed by atoms with van der Waals surface area (Å²) >= 11 is 0. The third kappa shape index (κ3) is 2.79. The molecular weight excluding hydrogens is 234 g/mol. The van der Waals surface area contributed by atoms with Gasteiger partial charge in [-0.25, -0.2) is 0 Å². The van der Waals surface area contributed by atoms with Crippen LogP contribution in [0.5, 0.6) is 5.75 Å². The number of nitrogens with one attached hydrogen (secondary N) is 1. The van der Waals surface area contributed by atoms with E-state index < -0.39 is 0 Å². The van der Waals surface area contributed by atoms with Crippen LogP contribution in [-0.4, -0.2) is 6.54 Å². The molecule has 3 rings (SSSR count). The Bertz CT molecular complexity index is 550. The van der Waals surface area contributed by atoms with Gasteiger partial charge in [-0.15, -0.1) is 0 Å². The minimum atomic E-state index is 0.559. The van der Waals surface area contributed by atoms with Gasteiger partial charge in [0.05, 0.1) is 0 Å². The molecule has 1 N–H and O–H groups in total. The molecule has 1 aliphatic heterocycles. The number of hydrogen-bond acceptors (Lipinski definition) is 2. The largest absolute Gasteiger partial charge is 0.489 e. The molecule has 19 heavy (non-hydrogen) atoms. The SMILES string of the molecule is CC1CNCc2ccc(OCc3ccccc3)cc21. The first-order valence-corrected chi connectivity index (χ1v) is 6.83. The van der Waals surface area contributed by atoms with Crippen LogP contribution >= 0.6 is 0 Å². The summed E-state index contributed by atoms with van der Waals surface area (Å²) in [6.07, 6.45) is 0. The van der Waals surface area contributed by atoms with E-state index in [1.807, 2.05) is 18.2 Å². The van der Waals surface area contributed by atoms with Crippen LogP contribution in [0.1, 0.15) is 29.5 Å². The molecule has 1 aliphatic rings. The second-order valence-electron chi connectivity index (χ2n) is 5.17. The van der Waals surface area contributed by atoms with Crippen molar-refractivity contribution in [2.75, 3.05) is 6.54 Å². The molecular formula is C17H19NO. The quantitative estimate of drug-likeness (QED) is 0.904. The molecule has 1 heterocycles. The molecule has 2 heteroatoms. The molecule has 0 spiro atoms. The van der Waals surface area contributed by atoms with Crippen molar-refractivity contribution < 1.29 is 4.74 Å². The Morgan fingerprint density at radius 1 is 1.16 bits per heavy atom. The maximum Gasteiger partial charge on any atom is 0.120 e. The summed E-state index contributed by atoms with van der Waals surface area (Å²) in [7, 11) is 0. The van der Waals surface area contributed by atoms with Crippen molar-refractivity contribution in [3.05, 3.63) is 65.2 Å². The van der Waals surface area contributed by atoms with Crippen LogP contribution in [0.2, 0.25) is 0 Å². The average molecular weight is 253 g/mol. The monoisotopic (exact) mass is 253 g/mol. The summed E-state index contributed by atoms with van der Waals surface area (Å²) in [5.41, 5.74) is 4.02. The van der Waals surface area contributed by atoms with Crippen molar-refractivity contribution in [1.82, 2.24) is 5.32 Å². The third-order valence-electron chi connectivity index (χ3n) is 3.66. The van der Waals surface area contributed by atoms with E-state index in [-0.39, 0.29) is 0 Å². The van der Waals surface area contributed by atoms with E-state index >= 15 is 0 Å². The standard InChI is InChI=1S/C17H19NO/c1-13-10-18-11-15-7-8-16(9-17(13)15)19-12-14-5-3-2-4-6-14/h2-9,13,18H,10-12H2,1H3. The maximum absolute atomic E-state index is 5.89. The number of fused-ring (bicyclic) bond motifs is 1. The first-order valence-electron chi connectivity index (χ1n) is 6.83. The van der Waals surface area contributed by atoms with Crippen LogP contribution in [0.25, 0.3) is 0 Å². The molecule has 0 saturated carbocycles. The Kier molecular flexibility index (Phi) is 3.51. The lowest BCUT2D eigenvalue weighted by Gasteiger charge is -2.24. The summed E-state index contributed by atoms with van der Waals surface area (Å²) < 4.78 is 5.89. The number of benzene rings is 2. The summed E-state index contributed by atoms with van der Waals surface area (Å²) in [5.74, 6) is 1.53. The van der Waals surface area contributed by atoms with Crippen LogP contribution in [0.4, 0.5) is 0 Å². The van der Waals surface area contributed by atoms with Gasteiger partial charge in [0, 0.05) is 13.1 Å². The first kappa shape index (κ1) is 12.2. The van der Waals surface area contributed by atoms with Gasteiger partial charge in [-0.2, -0.15) is 0 Å².